The number of carbonyl (C=O) groups is 2. The van der Waals surface area contributed by atoms with Crippen molar-refractivity contribution < 1.29 is 14.7 Å². The van der Waals surface area contributed by atoms with Crippen LogP contribution in [0.4, 0.5) is 11.4 Å². The minimum absolute atomic E-state index is 0.00632. The molecule has 2 aromatic carbocycles. The molecule has 0 aliphatic carbocycles. The van der Waals surface area contributed by atoms with Crippen LogP contribution in [0.15, 0.2) is 65.3 Å². The van der Waals surface area contributed by atoms with E-state index in [0.717, 1.165) is 24.3 Å². The minimum Gasteiger partial charge on any atom is -0.481 e. The van der Waals surface area contributed by atoms with Crippen LogP contribution in [0.25, 0.3) is 6.08 Å². The molecule has 3 rings (SSSR count). The lowest BCUT2D eigenvalue weighted by Gasteiger charge is -2.20. The van der Waals surface area contributed by atoms with E-state index in [1.807, 2.05) is 54.6 Å². The van der Waals surface area contributed by atoms with E-state index in [1.165, 1.54) is 11.8 Å². The van der Waals surface area contributed by atoms with Crippen LogP contribution < -0.4 is 9.80 Å². The maximum atomic E-state index is 13.1. The number of nitrogens with zero attached hydrogens (tertiary/aromatic N) is 3. The lowest BCUT2D eigenvalue weighted by molar-refractivity contribution is -0.136. The topological polar surface area (TPSA) is 73.2 Å². The standard InChI is InChI=1S/C23H25N3O3S/c1-3-25(4-2)18-12-10-17(11-13-18)16-20-22(29)26(19-8-6-5-7-9-19)23(24-20)30-15-14-21(27)28/h5-13,16H,3-4,14-15H2,1-2H3,(H,27,28)/b20-16+. The SMILES string of the molecule is CCN(CC)c1ccc(/C=C2/N=C(SCCC(=O)O)N(c3ccccc3)C2=O)cc1. The van der Waals surface area contributed by atoms with Crippen LogP contribution in [0.1, 0.15) is 25.8 Å². The molecule has 0 bridgehead atoms. The first kappa shape index (κ1) is 21.6. The molecular formula is C23H25N3O3S. The molecule has 1 amide bonds. The molecule has 0 spiro atoms. The fraction of sp³-hybridized carbons (Fsp3) is 0.261. The fourth-order valence-electron chi connectivity index (χ4n) is 3.16. The number of rotatable bonds is 8. The number of aliphatic imine (C=N–C) groups is 1. The van der Waals surface area contributed by atoms with E-state index < -0.39 is 5.97 Å². The summed E-state index contributed by atoms with van der Waals surface area (Å²) in [6.45, 7) is 6.10. The number of amides is 1. The van der Waals surface area contributed by atoms with Crippen molar-refractivity contribution in [2.24, 2.45) is 4.99 Å². The highest BCUT2D eigenvalue weighted by atomic mass is 32.2. The second-order valence-electron chi connectivity index (χ2n) is 6.66. The first-order valence-corrected chi connectivity index (χ1v) is 10.9. The van der Waals surface area contributed by atoms with Crippen LogP contribution in [0.5, 0.6) is 0 Å². The van der Waals surface area contributed by atoms with Gasteiger partial charge < -0.3 is 10.0 Å². The number of anilines is 2. The highest BCUT2D eigenvalue weighted by molar-refractivity contribution is 8.14. The van der Waals surface area contributed by atoms with Gasteiger partial charge in [-0.3, -0.25) is 14.5 Å². The van der Waals surface area contributed by atoms with Gasteiger partial charge in [-0.2, -0.15) is 0 Å². The predicted molar refractivity (Wildman–Crippen MR) is 124 cm³/mol. The van der Waals surface area contributed by atoms with Gasteiger partial charge in [0.15, 0.2) is 5.17 Å². The average molecular weight is 424 g/mol. The highest BCUT2D eigenvalue weighted by Gasteiger charge is 2.31. The van der Waals surface area contributed by atoms with Crippen LogP contribution in [0.2, 0.25) is 0 Å². The summed E-state index contributed by atoms with van der Waals surface area (Å²) in [6.07, 6.45) is 1.78. The van der Waals surface area contributed by atoms with Gasteiger partial charge in [0.1, 0.15) is 5.70 Å². The van der Waals surface area contributed by atoms with Crippen molar-refractivity contribution >= 4 is 46.3 Å². The van der Waals surface area contributed by atoms with Crippen LogP contribution in [-0.2, 0) is 9.59 Å². The molecule has 0 fully saturated rings. The third-order valence-electron chi connectivity index (χ3n) is 4.72. The van der Waals surface area contributed by atoms with Crippen LogP contribution >= 0.6 is 11.8 Å². The number of hydrogen-bond acceptors (Lipinski definition) is 5. The lowest BCUT2D eigenvalue weighted by atomic mass is 10.1. The van der Waals surface area contributed by atoms with Crippen molar-refractivity contribution in [1.82, 2.24) is 0 Å². The van der Waals surface area contributed by atoms with E-state index in [4.69, 9.17) is 5.11 Å². The van der Waals surface area contributed by atoms with Crippen molar-refractivity contribution in [2.75, 3.05) is 28.6 Å². The number of benzene rings is 2. The maximum absolute atomic E-state index is 13.1. The molecule has 6 nitrogen and oxygen atoms in total. The Hall–Kier alpha value is -3.06. The molecule has 0 unspecified atom stereocenters. The second-order valence-corrected chi connectivity index (χ2v) is 7.72. The number of para-hydroxylation sites is 1. The number of hydrogen-bond donors (Lipinski definition) is 1. The molecule has 30 heavy (non-hydrogen) atoms. The Balaban J connectivity index is 1.87. The van der Waals surface area contributed by atoms with Crippen molar-refractivity contribution in [3.05, 3.63) is 65.9 Å². The fourth-order valence-corrected chi connectivity index (χ4v) is 4.10. The quantitative estimate of drug-likeness (QED) is 0.634. The van der Waals surface area contributed by atoms with Gasteiger partial charge in [-0.25, -0.2) is 4.99 Å². The Labute approximate surface area is 180 Å². The molecule has 1 aliphatic heterocycles. The number of amidine groups is 1. The van der Waals surface area contributed by atoms with Crippen molar-refractivity contribution in [3.63, 3.8) is 0 Å². The smallest absolute Gasteiger partial charge is 0.304 e. The van der Waals surface area contributed by atoms with Gasteiger partial charge in [-0.15, -0.1) is 0 Å². The molecule has 0 saturated carbocycles. The first-order chi connectivity index (χ1) is 14.5. The lowest BCUT2D eigenvalue weighted by Crippen LogP contribution is -2.30. The number of carbonyl (C=O) groups excluding carboxylic acids is 1. The summed E-state index contributed by atoms with van der Waals surface area (Å²) in [5.74, 6) is -0.744. The van der Waals surface area contributed by atoms with Gasteiger partial charge in [0, 0.05) is 24.5 Å². The molecule has 0 aromatic heterocycles. The highest BCUT2D eigenvalue weighted by Crippen LogP contribution is 2.29. The average Bonchev–Trinajstić information content (AvgIpc) is 3.05. The van der Waals surface area contributed by atoms with E-state index in [9.17, 15) is 9.59 Å². The Bertz CT molecular complexity index is 951. The molecule has 0 radical (unpaired) electrons. The van der Waals surface area contributed by atoms with Gasteiger partial charge in [0.05, 0.1) is 12.1 Å². The van der Waals surface area contributed by atoms with E-state index in [2.05, 4.69) is 23.7 Å². The molecule has 0 saturated heterocycles. The number of aliphatic carboxylic acids is 1. The molecule has 1 N–H and O–H groups in total. The Morgan fingerprint density at radius 2 is 1.77 bits per heavy atom. The molecule has 1 aliphatic rings. The largest absolute Gasteiger partial charge is 0.481 e. The van der Waals surface area contributed by atoms with Gasteiger partial charge in [-0.05, 0) is 49.8 Å². The summed E-state index contributed by atoms with van der Waals surface area (Å²) in [4.78, 5) is 32.3. The Morgan fingerprint density at radius 3 is 2.37 bits per heavy atom. The van der Waals surface area contributed by atoms with E-state index in [0.29, 0.717) is 22.3 Å². The third-order valence-corrected chi connectivity index (χ3v) is 5.66. The Kier molecular flexibility index (Phi) is 7.30. The van der Waals surface area contributed by atoms with Crippen molar-refractivity contribution in [3.8, 4) is 0 Å². The molecule has 156 valence electrons. The zero-order chi connectivity index (χ0) is 21.5. The summed E-state index contributed by atoms with van der Waals surface area (Å²) in [6, 6.07) is 17.3. The summed E-state index contributed by atoms with van der Waals surface area (Å²) >= 11 is 1.27. The predicted octanol–water partition coefficient (Wildman–Crippen LogP) is 4.48. The van der Waals surface area contributed by atoms with E-state index >= 15 is 0 Å². The first-order valence-electron chi connectivity index (χ1n) is 9.93. The molecule has 1 heterocycles. The number of carboxylic acids is 1. The number of thioether (sulfide) groups is 1. The summed E-state index contributed by atoms with van der Waals surface area (Å²) in [5, 5.41) is 9.42. The minimum atomic E-state index is -0.872. The van der Waals surface area contributed by atoms with Crippen molar-refractivity contribution in [2.45, 2.75) is 20.3 Å². The molecule has 2 aromatic rings. The van der Waals surface area contributed by atoms with Gasteiger partial charge in [-0.1, -0.05) is 42.1 Å². The summed E-state index contributed by atoms with van der Waals surface area (Å²) in [7, 11) is 0. The third kappa shape index (κ3) is 5.10. The van der Waals surface area contributed by atoms with Gasteiger partial charge >= 0.3 is 5.97 Å². The van der Waals surface area contributed by atoms with Crippen molar-refractivity contribution in [1.29, 1.82) is 0 Å². The summed E-state index contributed by atoms with van der Waals surface area (Å²) in [5.41, 5.74) is 3.08. The zero-order valence-electron chi connectivity index (χ0n) is 17.1. The van der Waals surface area contributed by atoms with Crippen LogP contribution in [-0.4, -0.2) is 41.0 Å². The number of carboxylic acid groups (broad SMARTS) is 1. The van der Waals surface area contributed by atoms with Gasteiger partial charge in [0.25, 0.3) is 5.91 Å². The maximum Gasteiger partial charge on any atom is 0.304 e. The van der Waals surface area contributed by atoms with Gasteiger partial charge in [0.2, 0.25) is 0 Å². The molecular weight excluding hydrogens is 398 g/mol. The molecule has 0 atom stereocenters. The zero-order valence-corrected chi connectivity index (χ0v) is 17.9. The summed E-state index contributed by atoms with van der Waals surface area (Å²) < 4.78 is 0. The van der Waals surface area contributed by atoms with Crippen LogP contribution in [0.3, 0.4) is 0 Å². The second kappa shape index (κ2) is 10.1. The molecule has 7 heteroatoms. The normalized spacial score (nSPS) is 14.9. The van der Waals surface area contributed by atoms with E-state index in [1.54, 1.807) is 11.0 Å². The monoisotopic (exact) mass is 423 g/mol. The Morgan fingerprint density at radius 1 is 1.10 bits per heavy atom. The van der Waals surface area contributed by atoms with E-state index in [-0.39, 0.29) is 12.3 Å². The van der Waals surface area contributed by atoms with Crippen LogP contribution in [0, 0.1) is 0 Å².